The zero-order chi connectivity index (χ0) is 8.55. The van der Waals surface area contributed by atoms with Gasteiger partial charge in [0.1, 0.15) is 5.82 Å². The van der Waals surface area contributed by atoms with Crippen LogP contribution >= 0.6 is 28.3 Å². The van der Waals surface area contributed by atoms with Gasteiger partial charge in [0.2, 0.25) is 0 Å². The summed E-state index contributed by atoms with van der Waals surface area (Å²) in [6, 6.07) is 3.51. The third kappa shape index (κ3) is 2.22. The van der Waals surface area contributed by atoms with E-state index in [1.165, 1.54) is 6.07 Å². The summed E-state index contributed by atoms with van der Waals surface area (Å²) in [7, 11) is 0. The van der Waals surface area contributed by atoms with E-state index >= 15 is 0 Å². The van der Waals surface area contributed by atoms with Gasteiger partial charge in [0, 0.05) is 11.0 Å². The van der Waals surface area contributed by atoms with Crippen molar-refractivity contribution in [1.82, 2.24) is 5.32 Å². The van der Waals surface area contributed by atoms with Crippen molar-refractivity contribution in [3.05, 3.63) is 33.5 Å². The number of rotatable bonds is 0. The summed E-state index contributed by atoms with van der Waals surface area (Å²) in [6.45, 7) is 1.66. The van der Waals surface area contributed by atoms with Crippen LogP contribution in [0.15, 0.2) is 16.6 Å². The van der Waals surface area contributed by atoms with Crippen LogP contribution in [-0.2, 0) is 13.0 Å². The Morgan fingerprint density at radius 1 is 1.38 bits per heavy atom. The van der Waals surface area contributed by atoms with Crippen LogP contribution in [0.25, 0.3) is 0 Å². The third-order valence-corrected chi connectivity index (χ3v) is 2.58. The highest BCUT2D eigenvalue weighted by molar-refractivity contribution is 9.10. The number of halogens is 3. The first-order chi connectivity index (χ1) is 5.77. The molecule has 4 heteroatoms. The molecule has 0 spiro atoms. The highest BCUT2D eigenvalue weighted by Crippen LogP contribution is 2.22. The number of nitrogens with one attached hydrogen (secondary N) is 1. The topological polar surface area (TPSA) is 12.0 Å². The fourth-order valence-electron chi connectivity index (χ4n) is 1.53. The SMILES string of the molecule is Cl.Fc1cc(Br)cc2c1CCNC2. The van der Waals surface area contributed by atoms with Crippen molar-refractivity contribution in [3.8, 4) is 0 Å². The minimum absolute atomic E-state index is 0. The smallest absolute Gasteiger partial charge is 0.127 e. The Kier molecular flexibility index (Phi) is 3.71. The van der Waals surface area contributed by atoms with E-state index in [1.807, 2.05) is 6.07 Å². The third-order valence-electron chi connectivity index (χ3n) is 2.12. The lowest BCUT2D eigenvalue weighted by atomic mass is 10.0. The fourth-order valence-corrected chi connectivity index (χ4v) is 2.01. The molecule has 13 heavy (non-hydrogen) atoms. The van der Waals surface area contributed by atoms with Crippen LogP contribution in [0.2, 0.25) is 0 Å². The van der Waals surface area contributed by atoms with Gasteiger partial charge in [-0.05, 0) is 36.2 Å². The van der Waals surface area contributed by atoms with Gasteiger partial charge in [-0.1, -0.05) is 15.9 Å². The van der Waals surface area contributed by atoms with Crippen LogP contribution in [0.3, 0.4) is 0 Å². The van der Waals surface area contributed by atoms with Crippen LogP contribution in [0.1, 0.15) is 11.1 Å². The van der Waals surface area contributed by atoms with Gasteiger partial charge in [-0.2, -0.15) is 0 Å². The predicted octanol–water partition coefficient (Wildman–Crippen LogP) is 2.66. The molecule has 0 atom stereocenters. The molecule has 1 N–H and O–H groups in total. The molecule has 0 radical (unpaired) electrons. The molecule has 1 aromatic rings. The van der Waals surface area contributed by atoms with Gasteiger partial charge < -0.3 is 5.32 Å². The van der Waals surface area contributed by atoms with E-state index in [0.29, 0.717) is 0 Å². The molecular formula is C9H10BrClFN. The van der Waals surface area contributed by atoms with Gasteiger partial charge in [-0.15, -0.1) is 12.4 Å². The van der Waals surface area contributed by atoms with Crippen LogP contribution < -0.4 is 5.32 Å². The first-order valence-corrected chi connectivity index (χ1v) is 4.74. The average Bonchev–Trinajstić information content (AvgIpc) is 2.04. The fraction of sp³-hybridized carbons (Fsp3) is 0.333. The molecule has 1 heterocycles. The van der Waals surface area contributed by atoms with E-state index in [1.54, 1.807) is 0 Å². The van der Waals surface area contributed by atoms with E-state index in [4.69, 9.17) is 0 Å². The first-order valence-electron chi connectivity index (χ1n) is 3.95. The molecular weight excluding hydrogens is 256 g/mol. The molecule has 2 rings (SSSR count). The largest absolute Gasteiger partial charge is 0.312 e. The van der Waals surface area contributed by atoms with Gasteiger partial charge in [0.25, 0.3) is 0 Å². The molecule has 1 aliphatic rings. The molecule has 0 bridgehead atoms. The molecule has 72 valence electrons. The number of benzene rings is 1. The summed E-state index contributed by atoms with van der Waals surface area (Å²) >= 11 is 3.27. The van der Waals surface area contributed by atoms with E-state index in [9.17, 15) is 4.39 Å². The molecule has 0 saturated carbocycles. The van der Waals surface area contributed by atoms with Crippen molar-refractivity contribution < 1.29 is 4.39 Å². The molecule has 0 unspecified atom stereocenters. The maximum atomic E-state index is 13.3. The number of hydrogen-bond acceptors (Lipinski definition) is 1. The summed E-state index contributed by atoms with van der Waals surface area (Å²) in [5, 5.41) is 3.21. The van der Waals surface area contributed by atoms with Crippen LogP contribution in [0.5, 0.6) is 0 Å². The second kappa shape index (κ2) is 4.40. The maximum absolute atomic E-state index is 13.3. The Balaban J connectivity index is 0.000000845. The standard InChI is InChI=1S/C9H9BrFN.ClH/c10-7-3-6-5-12-2-1-8(6)9(11)4-7;/h3-4,12H,1-2,5H2;1H. The van der Waals surface area contributed by atoms with Crippen LogP contribution in [0.4, 0.5) is 4.39 Å². The molecule has 0 fully saturated rings. The van der Waals surface area contributed by atoms with E-state index < -0.39 is 0 Å². The Morgan fingerprint density at radius 3 is 2.92 bits per heavy atom. The summed E-state index contributed by atoms with van der Waals surface area (Å²) in [5.41, 5.74) is 1.95. The Morgan fingerprint density at radius 2 is 2.15 bits per heavy atom. The molecule has 1 nitrogen and oxygen atoms in total. The molecule has 0 amide bonds. The molecule has 0 aliphatic carbocycles. The van der Waals surface area contributed by atoms with E-state index in [2.05, 4.69) is 21.2 Å². The normalized spacial score (nSPS) is 14.6. The summed E-state index contributed by atoms with van der Waals surface area (Å²) in [4.78, 5) is 0. The van der Waals surface area contributed by atoms with Gasteiger partial charge in [-0.25, -0.2) is 4.39 Å². The minimum Gasteiger partial charge on any atom is -0.312 e. The lowest BCUT2D eigenvalue weighted by molar-refractivity contribution is 0.568. The van der Waals surface area contributed by atoms with Gasteiger partial charge in [0.05, 0.1) is 0 Å². The van der Waals surface area contributed by atoms with Crippen molar-refractivity contribution >= 4 is 28.3 Å². The van der Waals surface area contributed by atoms with Crippen LogP contribution in [0, 0.1) is 5.82 Å². The zero-order valence-corrected chi connectivity index (χ0v) is 9.34. The highest BCUT2D eigenvalue weighted by atomic mass is 79.9. The zero-order valence-electron chi connectivity index (χ0n) is 6.94. The van der Waals surface area contributed by atoms with Crippen molar-refractivity contribution in [1.29, 1.82) is 0 Å². The van der Waals surface area contributed by atoms with Crippen molar-refractivity contribution in [2.45, 2.75) is 13.0 Å². The second-order valence-corrected chi connectivity index (χ2v) is 3.87. The molecule has 1 aliphatic heterocycles. The lowest BCUT2D eigenvalue weighted by Crippen LogP contribution is -2.24. The molecule has 0 aromatic heterocycles. The monoisotopic (exact) mass is 265 g/mol. The van der Waals surface area contributed by atoms with E-state index in [-0.39, 0.29) is 18.2 Å². The highest BCUT2D eigenvalue weighted by Gasteiger charge is 2.13. The van der Waals surface area contributed by atoms with Crippen molar-refractivity contribution in [2.75, 3.05) is 6.54 Å². The average molecular weight is 267 g/mol. The minimum atomic E-state index is -0.0825. The van der Waals surface area contributed by atoms with Crippen LogP contribution in [-0.4, -0.2) is 6.54 Å². The summed E-state index contributed by atoms with van der Waals surface area (Å²) in [5.74, 6) is -0.0825. The van der Waals surface area contributed by atoms with Gasteiger partial charge >= 0.3 is 0 Å². The number of hydrogen-bond donors (Lipinski definition) is 1. The quantitative estimate of drug-likeness (QED) is 0.761. The Labute approximate surface area is 91.3 Å². The lowest BCUT2D eigenvalue weighted by Gasteiger charge is -2.17. The maximum Gasteiger partial charge on any atom is 0.127 e. The molecule has 1 aromatic carbocycles. The second-order valence-electron chi connectivity index (χ2n) is 2.95. The summed E-state index contributed by atoms with van der Waals surface area (Å²) < 4.78 is 14.1. The Bertz CT molecular complexity index is 317. The van der Waals surface area contributed by atoms with Gasteiger partial charge in [0.15, 0.2) is 0 Å². The van der Waals surface area contributed by atoms with E-state index in [0.717, 1.165) is 35.1 Å². The summed E-state index contributed by atoms with van der Waals surface area (Å²) in [6.07, 6.45) is 0.800. The Hall–Kier alpha value is -0.120. The number of fused-ring (bicyclic) bond motifs is 1. The predicted molar refractivity (Wildman–Crippen MR) is 56.8 cm³/mol. The van der Waals surface area contributed by atoms with Gasteiger partial charge in [-0.3, -0.25) is 0 Å². The molecule has 0 saturated heterocycles. The van der Waals surface area contributed by atoms with Crippen molar-refractivity contribution in [3.63, 3.8) is 0 Å². The van der Waals surface area contributed by atoms with Crippen molar-refractivity contribution in [2.24, 2.45) is 0 Å². The first kappa shape index (κ1) is 11.0.